The lowest BCUT2D eigenvalue weighted by Gasteiger charge is -2.25. The standard InChI is InChI=1S/C15H20FN5O/c1-20(2)13(11-5-4-6-12(16)9-11)10-17-15(22)18-14-7-8-21(3)19-14/h4-9,13H,10H2,1-3H3,(H2,17,18,19,22). The summed E-state index contributed by atoms with van der Waals surface area (Å²) in [5, 5.41) is 9.49. The van der Waals surface area contributed by atoms with E-state index in [0.29, 0.717) is 12.4 Å². The zero-order valence-electron chi connectivity index (χ0n) is 12.9. The van der Waals surface area contributed by atoms with E-state index in [1.807, 2.05) is 25.1 Å². The van der Waals surface area contributed by atoms with Gasteiger partial charge in [-0.05, 0) is 31.8 Å². The molecule has 1 aromatic carbocycles. The molecule has 1 atom stereocenters. The van der Waals surface area contributed by atoms with Crippen LogP contribution in [0.25, 0.3) is 0 Å². The van der Waals surface area contributed by atoms with Gasteiger partial charge in [-0.2, -0.15) is 5.10 Å². The van der Waals surface area contributed by atoms with E-state index >= 15 is 0 Å². The van der Waals surface area contributed by atoms with E-state index in [2.05, 4.69) is 15.7 Å². The third kappa shape index (κ3) is 4.29. The number of halogens is 1. The Labute approximate surface area is 128 Å². The molecule has 0 aliphatic heterocycles. The molecule has 0 bridgehead atoms. The van der Waals surface area contributed by atoms with Crippen molar-refractivity contribution in [2.24, 2.45) is 7.05 Å². The Bertz CT molecular complexity index is 640. The molecule has 1 aromatic heterocycles. The largest absolute Gasteiger partial charge is 0.336 e. The lowest BCUT2D eigenvalue weighted by atomic mass is 10.1. The zero-order valence-corrected chi connectivity index (χ0v) is 12.9. The molecule has 6 nitrogen and oxygen atoms in total. The van der Waals surface area contributed by atoms with E-state index in [9.17, 15) is 9.18 Å². The van der Waals surface area contributed by atoms with Crippen molar-refractivity contribution in [1.82, 2.24) is 20.0 Å². The summed E-state index contributed by atoms with van der Waals surface area (Å²) >= 11 is 0. The Balaban J connectivity index is 1.95. The SMILES string of the molecule is CN(C)C(CNC(=O)Nc1ccn(C)n1)c1cccc(F)c1. The smallest absolute Gasteiger partial charge is 0.320 e. The Morgan fingerprint density at radius 3 is 2.77 bits per heavy atom. The molecule has 0 aliphatic rings. The predicted molar refractivity (Wildman–Crippen MR) is 83.1 cm³/mol. The van der Waals surface area contributed by atoms with Crippen LogP contribution >= 0.6 is 0 Å². The number of carbonyl (C=O) groups is 1. The molecule has 0 aliphatic carbocycles. The van der Waals surface area contributed by atoms with Gasteiger partial charge in [-0.25, -0.2) is 9.18 Å². The topological polar surface area (TPSA) is 62.2 Å². The van der Waals surface area contributed by atoms with Gasteiger partial charge in [0, 0.05) is 25.9 Å². The summed E-state index contributed by atoms with van der Waals surface area (Å²) in [6, 6.07) is 7.61. The first-order chi connectivity index (χ1) is 10.5. The van der Waals surface area contributed by atoms with Gasteiger partial charge in [-0.3, -0.25) is 10.00 Å². The van der Waals surface area contributed by atoms with E-state index in [0.717, 1.165) is 5.56 Å². The Hall–Kier alpha value is -2.41. The second-order valence-electron chi connectivity index (χ2n) is 5.24. The number of amides is 2. The molecule has 0 saturated carbocycles. The van der Waals surface area contributed by atoms with Gasteiger partial charge in [-0.15, -0.1) is 0 Å². The molecule has 2 rings (SSSR count). The summed E-state index contributed by atoms with van der Waals surface area (Å²) in [6.45, 7) is 0.356. The number of aromatic nitrogens is 2. The molecule has 22 heavy (non-hydrogen) atoms. The summed E-state index contributed by atoms with van der Waals surface area (Å²) in [7, 11) is 5.54. The van der Waals surface area contributed by atoms with Crippen LogP contribution in [-0.2, 0) is 7.05 Å². The molecule has 0 spiro atoms. The quantitative estimate of drug-likeness (QED) is 0.888. The zero-order chi connectivity index (χ0) is 16.1. The van der Waals surface area contributed by atoms with Crippen molar-refractivity contribution in [2.75, 3.05) is 26.0 Å². The van der Waals surface area contributed by atoms with E-state index < -0.39 is 0 Å². The number of hydrogen-bond acceptors (Lipinski definition) is 3. The second kappa shape index (κ2) is 7.04. The van der Waals surface area contributed by atoms with Gasteiger partial charge in [0.1, 0.15) is 5.82 Å². The maximum absolute atomic E-state index is 13.4. The van der Waals surface area contributed by atoms with Gasteiger partial charge in [0.15, 0.2) is 5.82 Å². The number of carbonyl (C=O) groups excluding carboxylic acids is 1. The second-order valence-corrected chi connectivity index (χ2v) is 5.24. The highest BCUT2D eigenvalue weighted by Crippen LogP contribution is 2.18. The molecule has 2 N–H and O–H groups in total. The average molecular weight is 305 g/mol. The molecule has 0 radical (unpaired) electrons. The molecular weight excluding hydrogens is 285 g/mol. The van der Waals surface area contributed by atoms with E-state index in [-0.39, 0.29) is 17.9 Å². The molecule has 7 heteroatoms. The van der Waals surface area contributed by atoms with E-state index in [1.54, 1.807) is 30.1 Å². The monoisotopic (exact) mass is 305 g/mol. The van der Waals surface area contributed by atoms with Crippen LogP contribution in [0.5, 0.6) is 0 Å². The molecular formula is C15H20FN5O. The number of benzene rings is 1. The Kier molecular flexibility index (Phi) is 5.11. The number of likely N-dealkylation sites (N-methyl/N-ethyl adjacent to an activating group) is 1. The normalized spacial score (nSPS) is 12.2. The number of nitrogens with one attached hydrogen (secondary N) is 2. The summed E-state index contributed by atoms with van der Waals surface area (Å²) in [6.07, 6.45) is 1.74. The molecule has 1 unspecified atom stereocenters. The van der Waals surface area contributed by atoms with Gasteiger partial charge in [0.2, 0.25) is 0 Å². The summed E-state index contributed by atoms with van der Waals surface area (Å²) < 4.78 is 15.0. The fraction of sp³-hybridized carbons (Fsp3) is 0.333. The van der Waals surface area contributed by atoms with Crippen LogP contribution in [0, 0.1) is 5.82 Å². The Morgan fingerprint density at radius 1 is 1.41 bits per heavy atom. The van der Waals surface area contributed by atoms with Crippen molar-refractivity contribution in [3.05, 3.63) is 47.9 Å². The van der Waals surface area contributed by atoms with Crippen LogP contribution in [0.15, 0.2) is 36.5 Å². The summed E-state index contributed by atoms with van der Waals surface area (Å²) in [5.74, 6) is 0.189. The number of anilines is 1. The van der Waals surface area contributed by atoms with Crippen molar-refractivity contribution in [3.8, 4) is 0 Å². The van der Waals surface area contributed by atoms with Crippen molar-refractivity contribution in [2.45, 2.75) is 6.04 Å². The molecule has 2 aromatic rings. The maximum Gasteiger partial charge on any atom is 0.320 e. The van der Waals surface area contributed by atoms with Crippen LogP contribution < -0.4 is 10.6 Å². The molecule has 2 amide bonds. The molecule has 0 fully saturated rings. The fourth-order valence-electron chi connectivity index (χ4n) is 2.14. The third-order valence-electron chi connectivity index (χ3n) is 3.27. The summed E-state index contributed by atoms with van der Waals surface area (Å²) in [5.41, 5.74) is 0.808. The molecule has 118 valence electrons. The van der Waals surface area contributed by atoms with Crippen LogP contribution in [-0.4, -0.2) is 41.4 Å². The van der Waals surface area contributed by atoms with Gasteiger partial charge >= 0.3 is 6.03 Å². The van der Waals surface area contributed by atoms with Gasteiger partial charge in [-0.1, -0.05) is 12.1 Å². The lowest BCUT2D eigenvalue weighted by molar-refractivity contribution is 0.243. The van der Waals surface area contributed by atoms with Crippen molar-refractivity contribution >= 4 is 11.8 Å². The van der Waals surface area contributed by atoms with E-state index in [4.69, 9.17) is 0 Å². The van der Waals surface area contributed by atoms with Crippen LogP contribution in [0.1, 0.15) is 11.6 Å². The first kappa shape index (κ1) is 16.0. The third-order valence-corrected chi connectivity index (χ3v) is 3.27. The summed E-state index contributed by atoms with van der Waals surface area (Å²) in [4.78, 5) is 13.8. The lowest BCUT2D eigenvalue weighted by Crippen LogP contribution is -2.37. The minimum atomic E-state index is -0.345. The van der Waals surface area contributed by atoms with Crippen LogP contribution in [0.3, 0.4) is 0 Å². The number of aryl methyl sites for hydroxylation is 1. The number of nitrogens with zero attached hydrogens (tertiary/aromatic N) is 3. The predicted octanol–water partition coefficient (Wildman–Crippen LogP) is 1.98. The van der Waals surface area contributed by atoms with Crippen LogP contribution in [0.2, 0.25) is 0 Å². The Morgan fingerprint density at radius 2 is 2.18 bits per heavy atom. The fourth-order valence-corrected chi connectivity index (χ4v) is 2.14. The number of rotatable bonds is 5. The highest BCUT2D eigenvalue weighted by Gasteiger charge is 2.16. The van der Waals surface area contributed by atoms with Gasteiger partial charge in [0.05, 0.1) is 6.04 Å². The average Bonchev–Trinajstić information content (AvgIpc) is 2.84. The highest BCUT2D eigenvalue weighted by atomic mass is 19.1. The minimum absolute atomic E-state index is 0.120. The first-order valence-electron chi connectivity index (χ1n) is 6.92. The van der Waals surface area contributed by atoms with Gasteiger partial charge in [0.25, 0.3) is 0 Å². The van der Waals surface area contributed by atoms with Crippen LogP contribution in [0.4, 0.5) is 15.0 Å². The maximum atomic E-state index is 13.4. The van der Waals surface area contributed by atoms with Crippen molar-refractivity contribution in [1.29, 1.82) is 0 Å². The first-order valence-corrected chi connectivity index (χ1v) is 6.92. The van der Waals surface area contributed by atoms with E-state index in [1.165, 1.54) is 12.1 Å². The highest BCUT2D eigenvalue weighted by molar-refractivity contribution is 5.88. The molecule has 0 saturated heterocycles. The number of hydrogen-bond donors (Lipinski definition) is 2. The van der Waals surface area contributed by atoms with Gasteiger partial charge < -0.3 is 10.2 Å². The number of urea groups is 1. The van der Waals surface area contributed by atoms with Crippen molar-refractivity contribution in [3.63, 3.8) is 0 Å². The molecule has 1 heterocycles. The minimum Gasteiger partial charge on any atom is -0.336 e. The van der Waals surface area contributed by atoms with Crippen molar-refractivity contribution < 1.29 is 9.18 Å².